The Morgan fingerprint density at radius 3 is 2.74 bits per heavy atom. The van der Waals surface area contributed by atoms with Gasteiger partial charge in [-0.05, 0) is 43.7 Å². The molecule has 3 N–H and O–H groups in total. The van der Waals surface area contributed by atoms with Crippen molar-refractivity contribution >= 4 is 11.6 Å². The quantitative estimate of drug-likeness (QED) is 0.860. The van der Waals surface area contributed by atoms with Crippen LogP contribution in [0, 0.1) is 0 Å². The third kappa shape index (κ3) is 3.93. The standard InChI is InChI=1S/C14H18N4O/c1-11(15)3-8-14(19)17-12-4-6-13(7-5-12)18-10-2-9-16-18/h2,4-7,9-11H,3,8,15H2,1H3,(H,17,19). The second kappa shape index (κ2) is 6.15. The van der Waals surface area contributed by atoms with Gasteiger partial charge in [-0.15, -0.1) is 0 Å². The zero-order valence-electron chi connectivity index (χ0n) is 10.9. The molecule has 1 aromatic carbocycles. The van der Waals surface area contributed by atoms with Crippen LogP contribution in [0.25, 0.3) is 5.69 Å². The Hall–Kier alpha value is -2.14. The molecule has 0 spiro atoms. The number of carbonyl (C=O) groups is 1. The van der Waals surface area contributed by atoms with Crippen LogP contribution in [0.5, 0.6) is 0 Å². The summed E-state index contributed by atoms with van der Waals surface area (Å²) in [4.78, 5) is 11.6. The van der Waals surface area contributed by atoms with Crippen molar-refractivity contribution in [1.29, 1.82) is 0 Å². The van der Waals surface area contributed by atoms with E-state index in [0.717, 1.165) is 11.4 Å². The van der Waals surface area contributed by atoms with E-state index in [0.29, 0.717) is 12.8 Å². The highest BCUT2D eigenvalue weighted by atomic mass is 16.1. The van der Waals surface area contributed by atoms with E-state index in [9.17, 15) is 4.79 Å². The molecule has 0 fully saturated rings. The maximum Gasteiger partial charge on any atom is 0.224 e. The SMILES string of the molecule is CC(N)CCC(=O)Nc1ccc(-n2cccn2)cc1. The molecule has 19 heavy (non-hydrogen) atoms. The average molecular weight is 258 g/mol. The van der Waals surface area contributed by atoms with Crippen molar-refractivity contribution in [2.45, 2.75) is 25.8 Å². The van der Waals surface area contributed by atoms with Crippen molar-refractivity contribution < 1.29 is 4.79 Å². The summed E-state index contributed by atoms with van der Waals surface area (Å²) >= 11 is 0. The molecule has 1 atom stereocenters. The molecule has 0 aliphatic heterocycles. The zero-order valence-corrected chi connectivity index (χ0v) is 10.9. The number of hydrogen-bond acceptors (Lipinski definition) is 3. The predicted octanol–water partition coefficient (Wildman–Crippen LogP) is 1.94. The number of aromatic nitrogens is 2. The van der Waals surface area contributed by atoms with Gasteiger partial charge in [-0.3, -0.25) is 4.79 Å². The maximum atomic E-state index is 11.6. The lowest BCUT2D eigenvalue weighted by atomic mass is 10.2. The molecule has 1 amide bonds. The van der Waals surface area contributed by atoms with Gasteiger partial charge in [0.1, 0.15) is 0 Å². The number of nitrogens with one attached hydrogen (secondary N) is 1. The van der Waals surface area contributed by atoms with Crippen molar-refractivity contribution in [3.05, 3.63) is 42.7 Å². The van der Waals surface area contributed by atoms with Crippen LogP contribution >= 0.6 is 0 Å². The Morgan fingerprint density at radius 1 is 1.42 bits per heavy atom. The van der Waals surface area contributed by atoms with Crippen LogP contribution in [-0.2, 0) is 4.79 Å². The van der Waals surface area contributed by atoms with E-state index in [4.69, 9.17) is 5.73 Å². The minimum Gasteiger partial charge on any atom is -0.328 e. The summed E-state index contributed by atoms with van der Waals surface area (Å²) in [5.41, 5.74) is 7.36. The second-order valence-electron chi connectivity index (χ2n) is 4.56. The van der Waals surface area contributed by atoms with Crippen LogP contribution in [0.2, 0.25) is 0 Å². The Balaban J connectivity index is 1.94. The number of nitrogens with two attached hydrogens (primary N) is 1. The third-order valence-corrected chi connectivity index (χ3v) is 2.75. The number of carbonyl (C=O) groups excluding carboxylic acids is 1. The fourth-order valence-electron chi connectivity index (χ4n) is 1.70. The van der Waals surface area contributed by atoms with Gasteiger partial charge < -0.3 is 11.1 Å². The molecule has 1 aromatic heterocycles. The molecule has 0 aliphatic rings. The van der Waals surface area contributed by atoms with Gasteiger partial charge in [-0.25, -0.2) is 4.68 Å². The first kappa shape index (κ1) is 13.3. The first-order valence-corrected chi connectivity index (χ1v) is 6.30. The molecule has 0 bridgehead atoms. The van der Waals surface area contributed by atoms with E-state index in [1.807, 2.05) is 43.5 Å². The Kier molecular flexibility index (Phi) is 4.30. The number of nitrogens with zero attached hydrogens (tertiary/aromatic N) is 2. The van der Waals surface area contributed by atoms with Gasteiger partial charge in [0.25, 0.3) is 0 Å². The van der Waals surface area contributed by atoms with E-state index in [1.165, 1.54) is 0 Å². The zero-order chi connectivity index (χ0) is 13.7. The van der Waals surface area contributed by atoms with Gasteiger partial charge in [0.05, 0.1) is 5.69 Å². The van der Waals surface area contributed by atoms with Crippen molar-refractivity contribution in [2.24, 2.45) is 5.73 Å². The van der Waals surface area contributed by atoms with E-state index in [2.05, 4.69) is 10.4 Å². The fraction of sp³-hybridized carbons (Fsp3) is 0.286. The molecule has 5 heteroatoms. The molecule has 100 valence electrons. The molecule has 0 radical (unpaired) electrons. The van der Waals surface area contributed by atoms with Gasteiger partial charge in [0.2, 0.25) is 5.91 Å². The summed E-state index contributed by atoms with van der Waals surface area (Å²) in [6, 6.07) is 9.46. The summed E-state index contributed by atoms with van der Waals surface area (Å²) in [6.45, 7) is 1.89. The highest BCUT2D eigenvalue weighted by Gasteiger charge is 2.04. The minimum absolute atomic E-state index is 0.0101. The largest absolute Gasteiger partial charge is 0.328 e. The molecule has 1 unspecified atom stereocenters. The molecule has 0 saturated heterocycles. The molecule has 2 rings (SSSR count). The van der Waals surface area contributed by atoms with Crippen LogP contribution in [-0.4, -0.2) is 21.7 Å². The molecule has 0 saturated carbocycles. The summed E-state index contributed by atoms with van der Waals surface area (Å²) in [6.07, 6.45) is 4.73. The van der Waals surface area contributed by atoms with Gasteiger partial charge in [0, 0.05) is 30.5 Å². The Labute approximate surface area is 112 Å². The van der Waals surface area contributed by atoms with Gasteiger partial charge in [-0.1, -0.05) is 0 Å². The van der Waals surface area contributed by atoms with Crippen molar-refractivity contribution in [2.75, 3.05) is 5.32 Å². The summed E-state index contributed by atoms with van der Waals surface area (Å²) in [5.74, 6) is -0.0101. The van der Waals surface area contributed by atoms with Crippen LogP contribution in [0.15, 0.2) is 42.7 Å². The molecule has 1 heterocycles. The van der Waals surface area contributed by atoms with Crippen LogP contribution < -0.4 is 11.1 Å². The van der Waals surface area contributed by atoms with Gasteiger partial charge >= 0.3 is 0 Å². The number of amides is 1. The highest BCUT2D eigenvalue weighted by Crippen LogP contribution is 2.13. The topological polar surface area (TPSA) is 72.9 Å². The number of hydrogen-bond donors (Lipinski definition) is 2. The summed E-state index contributed by atoms with van der Waals surface area (Å²) in [5, 5.41) is 6.99. The van der Waals surface area contributed by atoms with Crippen molar-refractivity contribution in [3.8, 4) is 5.69 Å². The fourth-order valence-corrected chi connectivity index (χ4v) is 1.70. The molecular formula is C14H18N4O. The number of rotatable bonds is 5. The molecular weight excluding hydrogens is 240 g/mol. The lowest BCUT2D eigenvalue weighted by Crippen LogP contribution is -2.19. The Morgan fingerprint density at radius 2 is 2.16 bits per heavy atom. The molecule has 0 aliphatic carbocycles. The third-order valence-electron chi connectivity index (χ3n) is 2.75. The van der Waals surface area contributed by atoms with Crippen LogP contribution in [0.1, 0.15) is 19.8 Å². The maximum absolute atomic E-state index is 11.6. The smallest absolute Gasteiger partial charge is 0.224 e. The number of anilines is 1. The minimum atomic E-state index is -0.0101. The van der Waals surface area contributed by atoms with Gasteiger partial charge in [0.15, 0.2) is 0 Å². The Bertz CT molecular complexity index is 517. The van der Waals surface area contributed by atoms with E-state index in [1.54, 1.807) is 10.9 Å². The number of benzene rings is 1. The second-order valence-corrected chi connectivity index (χ2v) is 4.56. The first-order chi connectivity index (χ1) is 9.15. The lowest BCUT2D eigenvalue weighted by molar-refractivity contribution is -0.116. The van der Waals surface area contributed by atoms with Crippen LogP contribution in [0.3, 0.4) is 0 Å². The van der Waals surface area contributed by atoms with Gasteiger partial charge in [-0.2, -0.15) is 5.10 Å². The van der Waals surface area contributed by atoms with E-state index < -0.39 is 0 Å². The van der Waals surface area contributed by atoms with E-state index >= 15 is 0 Å². The average Bonchev–Trinajstić information content (AvgIpc) is 2.91. The normalized spacial score (nSPS) is 12.1. The summed E-state index contributed by atoms with van der Waals surface area (Å²) in [7, 11) is 0. The molecule has 5 nitrogen and oxygen atoms in total. The molecule has 2 aromatic rings. The highest BCUT2D eigenvalue weighted by molar-refractivity contribution is 5.90. The first-order valence-electron chi connectivity index (χ1n) is 6.30. The lowest BCUT2D eigenvalue weighted by Gasteiger charge is -2.08. The van der Waals surface area contributed by atoms with Crippen molar-refractivity contribution in [3.63, 3.8) is 0 Å². The van der Waals surface area contributed by atoms with E-state index in [-0.39, 0.29) is 11.9 Å². The van der Waals surface area contributed by atoms with Crippen LogP contribution in [0.4, 0.5) is 5.69 Å². The summed E-state index contributed by atoms with van der Waals surface area (Å²) < 4.78 is 1.77. The predicted molar refractivity (Wildman–Crippen MR) is 75.1 cm³/mol. The van der Waals surface area contributed by atoms with Crippen molar-refractivity contribution in [1.82, 2.24) is 9.78 Å². The monoisotopic (exact) mass is 258 g/mol.